The van der Waals surface area contributed by atoms with Crippen molar-refractivity contribution in [2.45, 2.75) is 58.3 Å². The van der Waals surface area contributed by atoms with Gasteiger partial charge in [0.2, 0.25) is 0 Å². The second-order valence-electron chi connectivity index (χ2n) is 6.55. The highest BCUT2D eigenvalue weighted by Crippen LogP contribution is 2.50. The van der Waals surface area contributed by atoms with Gasteiger partial charge in [-0.2, -0.15) is 13.2 Å². The van der Waals surface area contributed by atoms with Gasteiger partial charge in [-0.3, -0.25) is 4.90 Å². The van der Waals surface area contributed by atoms with Crippen LogP contribution in [0.5, 0.6) is 0 Å². The van der Waals surface area contributed by atoms with Crippen LogP contribution in [0.25, 0.3) is 0 Å². The van der Waals surface area contributed by atoms with Crippen LogP contribution in [-0.4, -0.2) is 42.8 Å². The lowest BCUT2D eigenvalue weighted by Crippen LogP contribution is -2.63. The van der Waals surface area contributed by atoms with Gasteiger partial charge in [0.15, 0.2) is 0 Å². The van der Waals surface area contributed by atoms with Crippen LogP contribution >= 0.6 is 0 Å². The molecule has 0 bridgehead atoms. The van der Waals surface area contributed by atoms with Gasteiger partial charge in [-0.05, 0) is 45.1 Å². The van der Waals surface area contributed by atoms with Crippen molar-refractivity contribution in [1.29, 1.82) is 0 Å². The van der Waals surface area contributed by atoms with E-state index in [9.17, 15) is 13.2 Å². The standard InChI is InChI=1S/C14H25F3N2.H2/c1-4-18-12-5-6-13(7-11(12)14(15,16)17)8-19(9-13)10(2)3;/h10-12,18H,4-9H2,1-3H3;1H. The Morgan fingerprint density at radius 1 is 1.37 bits per heavy atom. The van der Waals surface area contributed by atoms with Crippen LogP contribution in [0.15, 0.2) is 0 Å². The van der Waals surface area contributed by atoms with E-state index in [4.69, 9.17) is 0 Å². The van der Waals surface area contributed by atoms with Gasteiger partial charge in [-0.15, -0.1) is 0 Å². The van der Waals surface area contributed by atoms with Crippen molar-refractivity contribution in [3.8, 4) is 0 Å². The summed E-state index contributed by atoms with van der Waals surface area (Å²) in [5.41, 5.74) is -0.0730. The van der Waals surface area contributed by atoms with Crippen molar-refractivity contribution >= 4 is 0 Å². The number of nitrogens with one attached hydrogen (secondary N) is 1. The summed E-state index contributed by atoms with van der Waals surface area (Å²) >= 11 is 0. The molecule has 0 aromatic rings. The minimum absolute atomic E-state index is 0. The third-order valence-corrected chi connectivity index (χ3v) is 4.82. The lowest BCUT2D eigenvalue weighted by atomic mass is 9.63. The molecule has 0 aromatic carbocycles. The third kappa shape index (κ3) is 3.07. The third-order valence-electron chi connectivity index (χ3n) is 4.82. The van der Waals surface area contributed by atoms with Crippen LogP contribution in [0.4, 0.5) is 13.2 Å². The topological polar surface area (TPSA) is 15.3 Å². The molecule has 1 heterocycles. The lowest BCUT2D eigenvalue weighted by molar-refractivity contribution is -0.211. The highest BCUT2D eigenvalue weighted by Gasteiger charge is 2.55. The van der Waals surface area contributed by atoms with E-state index in [0.717, 1.165) is 19.5 Å². The zero-order valence-corrected chi connectivity index (χ0v) is 12.1. The zero-order chi connectivity index (χ0) is 14.3. The second-order valence-corrected chi connectivity index (χ2v) is 6.55. The number of rotatable bonds is 3. The molecule has 114 valence electrons. The van der Waals surface area contributed by atoms with E-state index in [-0.39, 0.29) is 12.9 Å². The minimum atomic E-state index is -4.07. The van der Waals surface area contributed by atoms with E-state index < -0.39 is 12.1 Å². The van der Waals surface area contributed by atoms with Gasteiger partial charge in [-0.1, -0.05) is 6.92 Å². The Morgan fingerprint density at radius 2 is 2.00 bits per heavy atom. The van der Waals surface area contributed by atoms with Gasteiger partial charge in [0.25, 0.3) is 0 Å². The molecule has 2 nitrogen and oxygen atoms in total. The molecule has 0 amide bonds. The summed E-state index contributed by atoms with van der Waals surface area (Å²) in [6, 6.07) is 0.0603. The Bertz CT molecular complexity index is 314. The maximum absolute atomic E-state index is 13.2. The summed E-state index contributed by atoms with van der Waals surface area (Å²) in [5, 5.41) is 3.03. The predicted molar refractivity (Wildman–Crippen MR) is 72.1 cm³/mol. The van der Waals surface area contributed by atoms with Crippen molar-refractivity contribution in [3.05, 3.63) is 0 Å². The average molecular weight is 280 g/mol. The first kappa shape index (κ1) is 15.1. The smallest absolute Gasteiger partial charge is 0.314 e. The molecular weight excluding hydrogens is 253 g/mol. The molecule has 1 saturated heterocycles. The van der Waals surface area contributed by atoms with E-state index in [1.54, 1.807) is 0 Å². The van der Waals surface area contributed by atoms with E-state index in [0.29, 0.717) is 25.4 Å². The van der Waals surface area contributed by atoms with Crippen LogP contribution in [0, 0.1) is 11.3 Å². The molecule has 2 aliphatic rings. The number of alkyl halides is 3. The second kappa shape index (κ2) is 5.24. The summed E-state index contributed by atoms with van der Waals surface area (Å²) in [6.07, 6.45) is -2.18. The predicted octanol–water partition coefficient (Wildman–Crippen LogP) is 3.28. The van der Waals surface area contributed by atoms with Crippen LogP contribution in [-0.2, 0) is 0 Å². The first-order valence-corrected chi connectivity index (χ1v) is 7.31. The number of hydrogen-bond donors (Lipinski definition) is 1. The highest BCUT2D eigenvalue weighted by molar-refractivity contribution is 5.03. The molecule has 5 heteroatoms. The Labute approximate surface area is 115 Å². The van der Waals surface area contributed by atoms with Gasteiger partial charge in [0, 0.05) is 26.6 Å². The maximum Gasteiger partial charge on any atom is 0.393 e. The van der Waals surface area contributed by atoms with Gasteiger partial charge in [-0.25, -0.2) is 0 Å². The molecule has 1 saturated carbocycles. The normalized spacial score (nSPS) is 31.7. The molecule has 2 fully saturated rings. The molecule has 1 spiro atoms. The van der Waals surface area contributed by atoms with E-state index in [1.807, 2.05) is 6.92 Å². The van der Waals surface area contributed by atoms with Crippen molar-refractivity contribution in [2.24, 2.45) is 11.3 Å². The van der Waals surface area contributed by atoms with Crippen LogP contribution in [0.2, 0.25) is 0 Å². The maximum atomic E-state index is 13.2. The van der Waals surface area contributed by atoms with Gasteiger partial charge in [0.1, 0.15) is 0 Å². The van der Waals surface area contributed by atoms with Crippen molar-refractivity contribution < 1.29 is 14.6 Å². The fraction of sp³-hybridized carbons (Fsp3) is 1.00. The fourth-order valence-electron chi connectivity index (χ4n) is 3.69. The minimum Gasteiger partial charge on any atom is -0.314 e. The van der Waals surface area contributed by atoms with Crippen LogP contribution in [0.3, 0.4) is 0 Å². The molecule has 0 aromatic heterocycles. The molecule has 2 atom stereocenters. The quantitative estimate of drug-likeness (QED) is 0.853. The Balaban J connectivity index is 0.00000200. The highest BCUT2D eigenvalue weighted by atomic mass is 19.4. The van der Waals surface area contributed by atoms with E-state index in [1.165, 1.54) is 0 Å². The summed E-state index contributed by atoms with van der Waals surface area (Å²) in [7, 11) is 0. The van der Waals surface area contributed by atoms with Crippen molar-refractivity contribution in [1.82, 2.24) is 10.2 Å². The molecule has 1 aliphatic heterocycles. The van der Waals surface area contributed by atoms with E-state index >= 15 is 0 Å². The number of hydrogen-bond acceptors (Lipinski definition) is 2. The monoisotopic (exact) mass is 280 g/mol. The SMILES string of the molecule is CCNC1CCC2(CC1C(F)(F)F)CN(C(C)C)C2.[HH]. The van der Waals surface area contributed by atoms with Gasteiger partial charge in [0.05, 0.1) is 5.92 Å². The molecule has 19 heavy (non-hydrogen) atoms. The first-order valence-electron chi connectivity index (χ1n) is 7.31. The molecule has 1 N–H and O–H groups in total. The lowest BCUT2D eigenvalue weighted by Gasteiger charge is -2.57. The van der Waals surface area contributed by atoms with Crippen LogP contribution < -0.4 is 5.32 Å². The van der Waals surface area contributed by atoms with Crippen molar-refractivity contribution in [3.63, 3.8) is 0 Å². The largest absolute Gasteiger partial charge is 0.393 e. The first-order chi connectivity index (χ1) is 8.77. The fourth-order valence-corrected chi connectivity index (χ4v) is 3.69. The van der Waals surface area contributed by atoms with E-state index in [2.05, 4.69) is 24.1 Å². The Morgan fingerprint density at radius 3 is 2.47 bits per heavy atom. The van der Waals surface area contributed by atoms with Crippen molar-refractivity contribution in [2.75, 3.05) is 19.6 Å². The molecule has 2 rings (SSSR count). The summed E-state index contributed by atoms with van der Waals surface area (Å²) < 4.78 is 39.7. The number of likely N-dealkylation sites (tertiary alicyclic amines) is 1. The van der Waals surface area contributed by atoms with Gasteiger partial charge < -0.3 is 5.32 Å². The Hall–Kier alpha value is -0.290. The van der Waals surface area contributed by atoms with Crippen LogP contribution in [0.1, 0.15) is 41.5 Å². The number of nitrogens with zero attached hydrogens (tertiary/aromatic N) is 1. The molecule has 1 aliphatic carbocycles. The molecule has 0 radical (unpaired) electrons. The summed E-state index contributed by atoms with van der Waals surface area (Å²) in [6.45, 7) is 8.40. The summed E-state index contributed by atoms with van der Waals surface area (Å²) in [5.74, 6) is -1.17. The molecular formula is C14H27F3N2. The summed E-state index contributed by atoms with van der Waals surface area (Å²) in [4.78, 5) is 2.28. The average Bonchev–Trinajstić information content (AvgIpc) is 2.25. The molecule has 2 unspecified atom stereocenters. The number of halogens is 3. The Kier molecular flexibility index (Phi) is 4.17. The van der Waals surface area contributed by atoms with Gasteiger partial charge >= 0.3 is 6.18 Å². The zero-order valence-electron chi connectivity index (χ0n) is 12.1.